The summed E-state index contributed by atoms with van der Waals surface area (Å²) in [7, 11) is 0. The minimum absolute atomic E-state index is 0.273. The molecule has 3 fully saturated rings. The molecule has 2 bridgehead atoms. The number of hydrogen-bond donors (Lipinski definition) is 2. The zero-order valence-electron chi connectivity index (χ0n) is 13.5. The predicted octanol–water partition coefficient (Wildman–Crippen LogP) is 3.22. The van der Waals surface area contributed by atoms with Gasteiger partial charge in [-0.25, -0.2) is 4.79 Å². The molecule has 1 aromatic rings. The van der Waals surface area contributed by atoms with Gasteiger partial charge in [0.25, 0.3) is 0 Å². The van der Waals surface area contributed by atoms with Gasteiger partial charge < -0.3 is 15.4 Å². The minimum atomic E-state index is -0.294. The Bertz CT molecular complexity index is 542. The zero-order chi connectivity index (χ0) is 15.6. The molecule has 23 heavy (non-hydrogen) atoms. The van der Waals surface area contributed by atoms with Gasteiger partial charge in [0.1, 0.15) is 6.61 Å². The summed E-state index contributed by atoms with van der Waals surface area (Å²) in [5, 5.41) is 6.79. The van der Waals surface area contributed by atoms with Gasteiger partial charge >= 0.3 is 6.09 Å². The number of rotatable bonds is 5. The third kappa shape index (κ3) is 3.52. The number of ether oxygens (including phenoxy) is 1. The quantitative estimate of drug-likeness (QED) is 0.877. The van der Waals surface area contributed by atoms with Crippen LogP contribution in [0.3, 0.4) is 0 Å². The largest absolute Gasteiger partial charge is 0.445 e. The lowest BCUT2D eigenvalue weighted by molar-refractivity contribution is 0.123. The first-order valence-corrected chi connectivity index (χ1v) is 8.99. The Hall–Kier alpha value is -1.55. The molecule has 0 saturated heterocycles. The van der Waals surface area contributed by atoms with Crippen molar-refractivity contribution in [2.45, 2.75) is 63.3 Å². The Balaban J connectivity index is 1.13. The normalized spacial score (nSPS) is 34.9. The van der Waals surface area contributed by atoms with Gasteiger partial charge in [0.15, 0.2) is 0 Å². The summed E-state index contributed by atoms with van der Waals surface area (Å²) < 4.78 is 5.27. The molecule has 1 amide bonds. The average Bonchev–Trinajstić information content (AvgIpc) is 3.14. The van der Waals surface area contributed by atoms with E-state index in [4.69, 9.17) is 4.74 Å². The molecule has 0 heterocycles. The van der Waals surface area contributed by atoms with Crippen LogP contribution < -0.4 is 10.6 Å². The molecule has 0 aliphatic heterocycles. The van der Waals surface area contributed by atoms with Gasteiger partial charge in [0.2, 0.25) is 0 Å². The number of hydrogen-bond acceptors (Lipinski definition) is 3. The van der Waals surface area contributed by atoms with Crippen LogP contribution >= 0.6 is 0 Å². The van der Waals surface area contributed by atoms with Crippen LogP contribution in [0.15, 0.2) is 30.3 Å². The SMILES string of the molecule is O=C(NC1CC(NC2CC3CCC2C3)C1)OCc1ccccc1. The molecular weight excluding hydrogens is 288 g/mol. The zero-order valence-corrected chi connectivity index (χ0v) is 13.5. The number of benzene rings is 1. The lowest BCUT2D eigenvalue weighted by Gasteiger charge is -2.39. The summed E-state index contributed by atoms with van der Waals surface area (Å²) in [4.78, 5) is 11.8. The van der Waals surface area contributed by atoms with Crippen molar-refractivity contribution < 1.29 is 9.53 Å². The molecule has 3 unspecified atom stereocenters. The summed E-state index contributed by atoms with van der Waals surface area (Å²) in [6.45, 7) is 0.339. The van der Waals surface area contributed by atoms with E-state index in [1.54, 1.807) is 0 Å². The van der Waals surface area contributed by atoms with Gasteiger partial charge in [-0.15, -0.1) is 0 Å². The van der Waals surface area contributed by atoms with Crippen LogP contribution in [0.25, 0.3) is 0 Å². The maximum absolute atomic E-state index is 11.8. The Labute approximate surface area is 138 Å². The molecule has 3 aliphatic rings. The van der Waals surface area contributed by atoms with Gasteiger partial charge in [-0.2, -0.15) is 0 Å². The first-order valence-electron chi connectivity index (χ1n) is 8.99. The molecule has 0 radical (unpaired) electrons. The predicted molar refractivity (Wildman–Crippen MR) is 88.9 cm³/mol. The van der Waals surface area contributed by atoms with Gasteiger partial charge in [0.05, 0.1) is 0 Å². The van der Waals surface area contributed by atoms with Crippen LogP contribution in [0.2, 0.25) is 0 Å². The Morgan fingerprint density at radius 2 is 1.87 bits per heavy atom. The van der Waals surface area contributed by atoms with E-state index in [2.05, 4.69) is 10.6 Å². The smallest absolute Gasteiger partial charge is 0.407 e. The van der Waals surface area contributed by atoms with Crippen molar-refractivity contribution in [3.05, 3.63) is 35.9 Å². The Morgan fingerprint density at radius 1 is 1.04 bits per heavy atom. The number of amides is 1. The summed E-state index contributed by atoms with van der Waals surface area (Å²) >= 11 is 0. The summed E-state index contributed by atoms with van der Waals surface area (Å²) in [5.41, 5.74) is 1.02. The monoisotopic (exact) mass is 314 g/mol. The van der Waals surface area contributed by atoms with E-state index >= 15 is 0 Å². The van der Waals surface area contributed by atoms with Crippen molar-refractivity contribution >= 4 is 6.09 Å². The molecule has 0 aromatic heterocycles. The second kappa shape index (κ2) is 6.52. The average molecular weight is 314 g/mol. The lowest BCUT2D eigenvalue weighted by atomic mass is 9.84. The number of fused-ring (bicyclic) bond motifs is 2. The lowest BCUT2D eigenvalue weighted by Crippen LogP contribution is -2.55. The molecular formula is C19H26N2O2. The van der Waals surface area contributed by atoms with E-state index in [-0.39, 0.29) is 12.1 Å². The van der Waals surface area contributed by atoms with E-state index in [1.165, 1.54) is 25.7 Å². The molecule has 124 valence electrons. The van der Waals surface area contributed by atoms with Crippen molar-refractivity contribution in [1.29, 1.82) is 0 Å². The maximum atomic E-state index is 11.8. The summed E-state index contributed by atoms with van der Waals surface area (Å²) in [6.07, 6.45) is 7.46. The standard InChI is InChI=1S/C19H26N2O2/c22-19(23-12-13-4-2-1-3-5-13)21-17-10-16(11-17)20-18-9-14-6-7-15(18)8-14/h1-5,14-18,20H,6-12H2,(H,21,22). The fourth-order valence-corrected chi connectivity index (χ4v) is 4.55. The molecule has 4 heteroatoms. The minimum Gasteiger partial charge on any atom is -0.445 e. The van der Waals surface area contributed by atoms with Crippen LogP contribution in [-0.4, -0.2) is 24.2 Å². The highest BCUT2D eigenvalue weighted by Gasteiger charge is 2.42. The van der Waals surface area contributed by atoms with Crippen molar-refractivity contribution in [3.8, 4) is 0 Å². The van der Waals surface area contributed by atoms with Crippen molar-refractivity contribution in [2.24, 2.45) is 11.8 Å². The number of carbonyl (C=O) groups excluding carboxylic acids is 1. The highest BCUT2D eigenvalue weighted by atomic mass is 16.5. The first-order chi connectivity index (χ1) is 11.3. The van der Waals surface area contributed by atoms with E-state index < -0.39 is 0 Å². The van der Waals surface area contributed by atoms with Gasteiger partial charge in [-0.3, -0.25) is 0 Å². The van der Waals surface area contributed by atoms with Crippen LogP contribution in [0.4, 0.5) is 4.79 Å². The second-order valence-electron chi connectivity index (χ2n) is 7.52. The van der Waals surface area contributed by atoms with Crippen LogP contribution in [-0.2, 0) is 11.3 Å². The van der Waals surface area contributed by atoms with E-state index in [0.29, 0.717) is 12.6 Å². The van der Waals surface area contributed by atoms with Crippen molar-refractivity contribution in [1.82, 2.24) is 10.6 Å². The number of alkyl carbamates (subject to hydrolysis) is 1. The Kier molecular flexibility index (Phi) is 4.25. The summed E-state index contributed by atoms with van der Waals surface area (Å²) in [5.74, 6) is 1.90. The second-order valence-corrected chi connectivity index (χ2v) is 7.52. The molecule has 2 N–H and O–H groups in total. The fraction of sp³-hybridized carbons (Fsp3) is 0.632. The van der Waals surface area contributed by atoms with Crippen molar-refractivity contribution in [3.63, 3.8) is 0 Å². The van der Waals surface area contributed by atoms with Crippen molar-refractivity contribution in [2.75, 3.05) is 0 Å². The molecule has 0 spiro atoms. The first kappa shape index (κ1) is 15.0. The fourth-order valence-electron chi connectivity index (χ4n) is 4.55. The maximum Gasteiger partial charge on any atom is 0.407 e. The molecule has 1 aromatic carbocycles. The highest BCUT2D eigenvalue weighted by Crippen LogP contribution is 2.45. The van der Waals surface area contributed by atoms with E-state index in [9.17, 15) is 4.79 Å². The van der Waals surface area contributed by atoms with Gasteiger partial charge in [0, 0.05) is 18.1 Å². The van der Waals surface area contributed by atoms with E-state index in [1.807, 2.05) is 30.3 Å². The van der Waals surface area contributed by atoms with E-state index in [0.717, 1.165) is 36.3 Å². The molecule has 3 atom stereocenters. The van der Waals surface area contributed by atoms with Crippen LogP contribution in [0.1, 0.15) is 44.1 Å². The van der Waals surface area contributed by atoms with Crippen LogP contribution in [0.5, 0.6) is 0 Å². The Morgan fingerprint density at radius 3 is 2.57 bits per heavy atom. The van der Waals surface area contributed by atoms with Crippen LogP contribution in [0, 0.1) is 11.8 Å². The molecule has 4 nitrogen and oxygen atoms in total. The van der Waals surface area contributed by atoms with Gasteiger partial charge in [-0.1, -0.05) is 36.8 Å². The molecule has 3 saturated carbocycles. The summed E-state index contributed by atoms with van der Waals surface area (Å²) in [6, 6.07) is 11.4. The number of nitrogens with one attached hydrogen (secondary N) is 2. The molecule has 4 rings (SSSR count). The van der Waals surface area contributed by atoms with Gasteiger partial charge in [-0.05, 0) is 49.5 Å². The third-order valence-corrected chi connectivity index (χ3v) is 5.86. The molecule has 3 aliphatic carbocycles. The number of carbonyl (C=O) groups is 1. The topological polar surface area (TPSA) is 50.4 Å². The third-order valence-electron chi connectivity index (χ3n) is 5.86. The highest BCUT2D eigenvalue weighted by molar-refractivity contribution is 5.67.